The smallest absolute Gasteiger partial charge is 0.194 e. The molecule has 3 aromatic rings. The number of hydrogen-bond donors (Lipinski definition) is 0. The molecule has 0 unspecified atom stereocenters. The topological polar surface area (TPSA) is 40.9 Å². The third-order valence-corrected chi connectivity index (χ3v) is 4.40. The minimum absolute atomic E-state index is 0.0106. The van der Waals surface area contributed by atoms with Gasteiger partial charge in [0.05, 0.1) is 11.6 Å². The number of fused-ring (bicyclic) bond motifs is 5. The number of rotatable bonds is 0. The van der Waals surface area contributed by atoms with Crippen LogP contribution in [0.25, 0.3) is 21.9 Å². The van der Waals surface area contributed by atoms with Crippen molar-refractivity contribution in [2.45, 2.75) is 0 Å². The lowest BCUT2D eigenvalue weighted by Crippen LogP contribution is -1.96. The first kappa shape index (κ1) is 12.3. The van der Waals surface area contributed by atoms with Crippen molar-refractivity contribution in [1.29, 1.82) is 5.26 Å². The Morgan fingerprint density at radius 3 is 2.43 bits per heavy atom. The first-order valence-electron chi connectivity index (χ1n) is 6.51. The summed E-state index contributed by atoms with van der Waals surface area (Å²) in [6, 6.07) is 17.4. The van der Waals surface area contributed by atoms with E-state index in [2.05, 4.69) is 22.0 Å². The van der Waals surface area contributed by atoms with Gasteiger partial charge in [-0.2, -0.15) is 5.26 Å². The second kappa shape index (κ2) is 4.28. The van der Waals surface area contributed by atoms with Crippen LogP contribution in [0.5, 0.6) is 0 Å². The van der Waals surface area contributed by atoms with Gasteiger partial charge in [-0.25, -0.2) is 0 Å². The Kier molecular flexibility index (Phi) is 2.51. The van der Waals surface area contributed by atoms with Gasteiger partial charge in [-0.1, -0.05) is 46.3 Å². The lowest BCUT2D eigenvalue weighted by molar-refractivity contribution is 0.104. The van der Waals surface area contributed by atoms with E-state index in [1.165, 1.54) is 0 Å². The van der Waals surface area contributed by atoms with Gasteiger partial charge in [0.2, 0.25) is 0 Å². The molecule has 0 N–H and O–H groups in total. The van der Waals surface area contributed by atoms with E-state index in [9.17, 15) is 10.1 Å². The molecular weight excluding hydrogens is 326 g/mol. The maximum Gasteiger partial charge on any atom is 0.194 e. The minimum atomic E-state index is -0.0106. The fourth-order valence-electron chi connectivity index (χ4n) is 3.00. The van der Waals surface area contributed by atoms with E-state index in [0.29, 0.717) is 16.7 Å². The first-order chi connectivity index (χ1) is 10.2. The van der Waals surface area contributed by atoms with Gasteiger partial charge in [-0.05, 0) is 29.1 Å². The molecule has 0 fully saturated rings. The molecule has 0 bridgehead atoms. The van der Waals surface area contributed by atoms with Crippen LogP contribution >= 0.6 is 15.9 Å². The van der Waals surface area contributed by atoms with Crippen LogP contribution in [-0.2, 0) is 0 Å². The Hall–Kier alpha value is -2.44. The highest BCUT2D eigenvalue weighted by Crippen LogP contribution is 2.43. The first-order valence-corrected chi connectivity index (χ1v) is 7.30. The molecule has 1 aliphatic rings. The van der Waals surface area contributed by atoms with Crippen LogP contribution in [0.15, 0.2) is 53.0 Å². The van der Waals surface area contributed by atoms with Crippen LogP contribution in [0.3, 0.4) is 0 Å². The fraction of sp³-hybridized carbons (Fsp3) is 0. The van der Waals surface area contributed by atoms with Crippen molar-refractivity contribution in [2.24, 2.45) is 0 Å². The Labute approximate surface area is 129 Å². The minimum Gasteiger partial charge on any atom is -0.289 e. The SMILES string of the molecule is N#Cc1cc2c(c3ccccc13)-c1ccc(Br)cc1C2=O. The quantitative estimate of drug-likeness (QED) is 0.468. The second-order valence-corrected chi connectivity index (χ2v) is 5.94. The molecular formula is C18H8BrNO. The molecule has 3 aromatic carbocycles. The van der Waals surface area contributed by atoms with Crippen LogP contribution < -0.4 is 0 Å². The Morgan fingerprint density at radius 1 is 0.905 bits per heavy atom. The molecule has 1 aliphatic carbocycles. The highest BCUT2D eigenvalue weighted by Gasteiger charge is 2.29. The number of nitrogens with zero attached hydrogens (tertiary/aromatic N) is 1. The summed E-state index contributed by atoms with van der Waals surface area (Å²) in [6.07, 6.45) is 0. The lowest BCUT2D eigenvalue weighted by Gasteiger charge is -2.07. The van der Waals surface area contributed by atoms with Crippen molar-refractivity contribution in [3.05, 3.63) is 69.7 Å². The third kappa shape index (κ3) is 1.60. The molecule has 4 rings (SSSR count). The molecule has 0 saturated heterocycles. The van der Waals surface area contributed by atoms with Gasteiger partial charge in [-0.15, -0.1) is 0 Å². The van der Waals surface area contributed by atoms with Crippen LogP contribution in [-0.4, -0.2) is 5.78 Å². The van der Waals surface area contributed by atoms with Gasteiger partial charge in [0.25, 0.3) is 0 Å². The number of carbonyl (C=O) groups is 1. The summed E-state index contributed by atoms with van der Waals surface area (Å²) in [5.41, 5.74) is 3.75. The average Bonchev–Trinajstić information content (AvgIpc) is 2.79. The van der Waals surface area contributed by atoms with Crippen molar-refractivity contribution in [3.8, 4) is 17.2 Å². The van der Waals surface area contributed by atoms with E-state index in [1.807, 2.05) is 42.5 Å². The zero-order valence-corrected chi connectivity index (χ0v) is 12.4. The summed E-state index contributed by atoms with van der Waals surface area (Å²) in [6.45, 7) is 0. The van der Waals surface area contributed by atoms with E-state index in [-0.39, 0.29) is 5.78 Å². The van der Waals surface area contributed by atoms with E-state index >= 15 is 0 Å². The van der Waals surface area contributed by atoms with Gasteiger partial charge >= 0.3 is 0 Å². The maximum absolute atomic E-state index is 12.6. The van der Waals surface area contributed by atoms with Crippen molar-refractivity contribution < 1.29 is 4.79 Å². The second-order valence-electron chi connectivity index (χ2n) is 5.02. The summed E-state index contributed by atoms with van der Waals surface area (Å²) >= 11 is 3.41. The van der Waals surface area contributed by atoms with E-state index in [0.717, 1.165) is 26.4 Å². The number of hydrogen-bond acceptors (Lipinski definition) is 2. The molecule has 98 valence electrons. The van der Waals surface area contributed by atoms with Gasteiger partial charge < -0.3 is 0 Å². The molecule has 0 amide bonds. The van der Waals surface area contributed by atoms with E-state index in [1.54, 1.807) is 6.07 Å². The fourth-order valence-corrected chi connectivity index (χ4v) is 3.37. The summed E-state index contributed by atoms with van der Waals surface area (Å²) in [4.78, 5) is 12.6. The highest BCUT2D eigenvalue weighted by atomic mass is 79.9. The summed E-state index contributed by atoms with van der Waals surface area (Å²) < 4.78 is 0.882. The zero-order chi connectivity index (χ0) is 14.6. The molecule has 0 atom stereocenters. The van der Waals surface area contributed by atoms with Crippen molar-refractivity contribution in [2.75, 3.05) is 0 Å². The lowest BCUT2D eigenvalue weighted by atomic mass is 9.94. The molecule has 0 aromatic heterocycles. The molecule has 2 nitrogen and oxygen atoms in total. The summed E-state index contributed by atoms with van der Waals surface area (Å²) in [5.74, 6) is -0.0106. The number of benzene rings is 3. The predicted octanol–water partition coefficient (Wildman–Crippen LogP) is 4.69. The van der Waals surface area contributed by atoms with Gasteiger partial charge in [0.1, 0.15) is 0 Å². The highest BCUT2D eigenvalue weighted by molar-refractivity contribution is 9.10. The van der Waals surface area contributed by atoms with Crippen molar-refractivity contribution >= 4 is 32.5 Å². The molecule has 0 saturated carbocycles. The molecule has 21 heavy (non-hydrogen) atoms. The number of ketones is 1. The number of carbonyl (C=O) groups excluding carboxylic acids is 1. The maximum atomic E-state index is 12.6. The van der Waals surface area contributed by atoms with Crippen LogP contribution in [0.2, 0.25) is 0 Å². The van der Waals surface area contributed by atoms with Gasteiger partial charge in [0, 0.05) is 26.5 Å². The monoisotopic (exact) mass is 333 g/mol. The molecule has 0 heterocycles. The standard InChI is InChI=1S/C18H8BrNO/c19-11-5-6-14-15(8-11)18(21)16-7-10(9-20)12-3-1-2-4-13(12)17(14)16/h1-8H. The molecule has 3 heteroatoms. The Balaban J connectivity index is 2.21. The molecule has 0 aliphatic heterocycles. The average molecular weight is 334 g/mol. The molecule has 0 radical (unpaired) electrons. The Morgan fingerprint density at radius 2 is 1.67 bits per heavy atom. The predicted molar refractivity (Wildman–Crippen MR) is 85.2 cm³/mol. The summed E-state index contributed by atoms with van der Waals surface area (Å²) in [5, 5.41) is 11.2. The van der Waals surface area contributed by atoms with Crippen LogP contribution in [0.4, 0.5) is 0 Å². The van der Waals surface area contributed by atoms with Gasteiger partial charge in [0.15, 0.2) is 5.78 Å². The van der Waals surface area contributed by atoms with Crippen LogP contribution in [0.1, 0.15) is 21.5 Å². The van der Waals surface area contributed by atoms with Crippen molar-refractivity contribution in [1.82, 2.24) is 0 Å². The number of nitriles is 1. The van der Waals surface area contributed by atoms with E-state index in [4.69, 9.17) is 0 Å². The number of halogens is 1. The molecule has 0 spiro atoms. The van der Waals surface area contributed by atoms with Crippen molar-refractivity contribution in [3.63, 3.8) is 0 Å². The largest absolute Gasteiger partial charge is 0.289 e. The van der Waals surface area contributed by atoms with Crippen LogP contribution in [0, 0.1) is 11.3 Å². The summed E-state index contributed by atoms with van der Waals surface area (Å²) in [7, 11) is 0. The third-order valence-electron chi connectivity index (χ3n) is 3.91. The van der Waals surface area contributed by atoms with Gasteiger partial charge in [-0.3, -0.25) is 4.79 Å². The Bertz CT molecular complexity index is 982. The normalized spacial score (nSPS) is 12.1. The van der Waals surface area contributed by atoms with E-state index < -0.39 is 0 Å². The zero-order valence-electron chi connectivity index (χ0n) is 10.9.